The summed E-state index contributed by atoms with van der Waals surface area (Å²) in [5, 5.41) is 3.22. The average molecular weight is 336 g/mol. The van der Waals surface area contributed by atoms with Gasteiger partial charge in [-0.3, -0.25) is 9.69 Å². The van der Waals surface area contributed by atoms with Crippen molar-refractivity contribution in [3.63, 3.8) is 0 Å². The van der Waals surface area contributed by atoms with Crippen molar-refractivity contribution in [2.24, 2.45) is 0 Å². The first-order chi connectivity index (χ1) is 12.1. The zero-order valence-corrected chi connectivity index (χ0v) is 13.1. The number of hydrogen-bond acceptors (Lipinski definition) is 2. The summed E-state index contributed by atoms with van der Waals surface area (Å²) in [5.74, 6) is -1.27. The number of carbonyl (C=O) groups is 1. The lowest BCUT2D eigenvalue weighted by molar-refractivity contribution is 0.0974. The van der Waals surface area contributed by atoms with Crippen molar-refractivity contribution in [2.75, 3.05) is 10.2 Å². The van der Waals surface area contributed by atoms with Crippen molar-refractivity contribution in [1.29, 1.82) is 0 Å². The van der Waals surface area contributed by atoms with E-state index in [0.717, 1.165) is 0 Å². The van der Waals surface area contributed by atoms with Crippen molar-refractivity contribution in [2.45, 2.75) is 6.17 Å². The molecule has 0 saturated carbocycles. The molecule has 3 aromatic carbocycles. The fourth-order valence-electron chi connectivity index (χ4n) is 3.06. The molecule has 0 aromatic heterocycles. The molecule has 1 amide bonds. The standard InChI is InChI=1S/C20H14F2N2O/c21-14-7-5-6-13(12-14)19-23-17-10-3-1-8-15(17)20(25)24(19)18-11-4-2-9-16(18)22/h1-12,19,23H/t19-/m0/s1. The quantitative estimate of drug-likeness (QED) is 0.733. The number of rotatable bonds is 2. The second-order valence-electron chi connectivity index (χ2n) is 5.77. The van der Waals surface area contributed by atoms with Crippen LogP contribution in [-0.4, -0.2) is 5.91 Å². The summed E-state index contributed by atoms with van der Waals surface area (Å²) >= 11 is 0. The van der Waals surface area contributed by atoms with E-state index in [4.69, 9.17) is 0 Å². The maximum atomic E-state index is 14.4. The maximum Gasteiger partial charge on any atom is 0.262 e. The number of nitrogens with zero attached hydrogens (tertiary/aromatic N) is 1. The number of benzene rings is 3. The second kappa shape index (κ2) is 6.02. The monoisotopic (exact) mass is 336 g/mol. The normalized spacial score (nSPS) is 16.3. The third-order valence-corrected chi connectivity index (χ3v) is 4.20. The van der Waals surface area contributed by atoms with Crippen LogP contribution >= 0.6 is 0 Å². The van der Waals surface area contributed by atoms with Gasteiger partial charge in [0.15, 0.2) is 0 Å². The molecule has 3 nitrogen and oxygen atoms in total. The van der Waals surface area contributed by atoms with Crippen molar-refractivity contribution in [1.82, 2.24) is 0 Å². The number of carbonyl (C=O) groups excluding carboxylic acids is 1. The molecule has 1 N–H and O–H groups in total. The Bertz CT molecular complexity index is 958. The summed E-state index contributed by atoms with van der Waals surface area (Å²) in [6, 6.07) is 19.0. The van der Waals surface area contributed by atoms with Crippen LogP contribution in [0.1, 0.15) is 22.1 Å². The van der Waals surface area contributed by atoms with E-state index in [2.05, 4.69) is 5.32 Å². The molecular weight excluding hydrogens is 322 g/mol. The third kappa shape index (κ3) is 2.63. The molecule has 4 rings (SSSR count). The Hall–Kier alpha value is -3.21. The largest absolute Gasteiger partial charge is 0.360 e. The van der Waals surface area contributed by atoms with E-state index < -0.39 is 17.8 Å². The number of amides is 1. The molecule has 124 valence electrons. The Morgan fingerprint density at radius 2 is 1.64 bits per heavy atom. The lowest BCUT2D eigenvalue weighted by Crippen LogP contribution is -2.43. The first kappa shape index (κ1) is 15.3. The SMILES string of the molecule is O=C1c2ccccc2N[C@H](c2cccc(F)c2)N1c1ccccc1F. The van der Waals surface area contributed by atoms with Crippen molar-refractivity contribution in [3.05, 3.63) is 95.6 Å². The number of para-hydroxylation sites is 2. The van der Waals surface area contributed by atoms with Gasteiger partial charge in [-0.05, 0) is 42.0 Å². The van der Waals surface area contributed by atoms with Crippen molar-refractivity contribution >= 4 is 17.3 Å². The summed E-state index contributed by atoms with van der Waals surface area (Å²) < 4.78 is 28.1. The summed E-state index contributed by atoms with van der Waals surface area (Å²) in [6.07, 6.45) is -0.713. The number of anilines is 2. The van der Waals surface area contributed by atoms with Crippen LogP contribution in [0.5, 0.6) is 0 Å². The van der Waals surface area contributed by atoms with Crippen LogP contribution in [0.3, 0.4) is 0 Å². The highest BCUT2D eigenvalue weighted by Gasteiger charge is 2.35. The second-order valence-corrected chi connectivity index (χ2v) is 5.77. The summed E-state index contributed by atoms with van der Waals surface area (Å²) in [6.45, 7) is 0. The van der Waals surface area contributed by atoms with Gasteiger partial charge in [0.05, 0.1) is 11.3 Å². The minimum atomic E-state index is -0.713. The van der Waals surface area contributed by atoms with Gasteiger partial charge >= 0.3 is 0 Å². The average Bonchev–Trinajstić information content (AvgIpc) is 2.63. The number of halogens is 2. The zero-order valence-electron chi connectivity index (χ0n) is 13.1. The van der Waals surface area contributed by atoms with Crippen LogP contribution in [0.4, 0.5) is 20.2 Å². The van der Waals surface area contributed by atoms with Crippen LogP contribution in [0, 0.1) is 11.6 Å². The van der Waals surface area contributed by atoms with E-state index in [1.807, 2.05) is 0 Å². The molecule has 5 heteroatoms. The van der Waals surface area contributed by atoms with E-state index in [1.165, 1.54) is 29.2 Å². The molecule has 25 heavy (non-hydrogen) atoms. The fourth-order valence-corrected chi connectivity index (χ4v) is 3.06. The molecular formula is C20H14F2N2O. The Morgan fingerprint density at radius 3 is 2.44 bits per heavy atom. The molecule has 0 unspecified atom stereocenters. The van der Waals surface area contributed by atoms with Gasteiger partial charge in [-0.2, -0.15) is 0 Å². The van der Waals surface area contributed by atoms with Gasteiger partial charge < -0.3 is 5.32 Å². The molecule has 3 aromatic rings. The number of fused-ring (bicyclic) bond motifs is 1. The molecule has 1 atom stereocenters. The minimum Gasteiger partial charge on any atom is -0.360 e. The summed E-state index contributed by atoms with van der Waals surface area (Å²) in [4.78, 5) is 14.4. The van der Waals surface area contributed by atoms with Crippen LogP contribution < -0.4 is 10.2 Å². The van der Waals surface area contributed by atoms with Gasteiger partial charge in [0.1, 0.15) is 17.8 Å². The maximum absolute atomic E-state index is 14.4. The molecule has 0 radical (unpaired) electrons. The minimum absolute atomic E-state index is 0.142. The van der Waals surface area contributed by atoms with Gasteiger partial charge in [-0.1, -0.05) is 36.4 Å². The molecule has 1 heterocycles. The number of hydrogen-bond donors (Lipinski definition) is 1. The molecule has 0 bridgehead atoms. The Labute approximate surface area is 143 Å². The highest BCUT2D eigenvalue weighted by Crippen LogP contribution is 2.37. The third-order valence-electron chi connectivity index (χ3n) is 4.20. The lowest BCUT2D eigenvalue weighted by Gasteiger charge is -2.38. The van der Waals surface area contributed by atoms with E-state index in [-0.39, 0.29) is 11.6 Å². The van der Waals surface area contributed by atoms with E-state index in [1.54, 1.807) is 48.5 Å². The van der Waals surface area contributed by atoms with Crippen LogP contribution in [-0.2, 0) is 0 Å². The van der Waals surface area contributed by atoms with Gasteiger partial charge in [0, 0.05) is 5.69 Å². The van der Waals surface area contributed by atoms with Gasteiger partial charge in [-0.15, -0.1) is 0 Å². The van der Waals surface area contributed by atoms with E-state index in [9.17, 15) is 13.6 Å². The van der Waals surface area contributed by atoms with Gasteiger partial charge in [-0.25, -0.2) is 8.78 Å². The molecule has 0 aliphatic carbocycles. The lowest BCUT2D eigenvalue weighted by atomic mass is 10.0. The smallest absolute Gasteiger partial charge is 0.262 e. The molecule has 0 spiro atoms. The number of nitrogens with one attached hydrogen (secondary N) is 1. The molecule has 1 aliphatic heterocycles. The Balaban J connectivity index is 1.90. The molecule has 0 saturated heterocycles. The molecule has 0 fully saturated rings. The van der Waals surface area contributed by atoms with Crippen molar-refractivity contribution in [3.8, 4) is 0 Å². The predicted octanol–water partition coefficient (Wildman–Crippen LogP) is 4.74. The Kier molecular flexibility index (Phi) is 3.69. The fraction of sp³-hybridized carbons (Fsp3) is 0.0500. The predicted molar refractivity (Wildman–Crippen MR) is 92.4 cm³/mol. The Morgan fingerprint density at radius 1 is 0.880 bits per heavy atom. The van der Waals surface area contributed by atoms with Crippen LogP contribution in [0.2, 0.25) is 0 Å². The van der Waals surface area contributed by atoms with E-state index >= 15 is 0 Å². The first-order valence-corrected chi connectivity index (χ1v) is 7.84. The van der Waals surface area contributed by atoms with Crippen LogP contribution in [0.25, 0.3) is 0 Å². The summed E-state index contributed by atoms with van der Waals surface area (Å²) in [7, 11) is 0. The topological polar surface area (TPSA) is 32.3 Å². The highest BCUT2D eigenvalue weighted by atomic mass is 19.1. The van der Waals surface area contributed by atoms with Gasteiger partial charge in [0.25, 0.3) is 5.91 Å². The summed E-state index contributed by atoms with van der Waals surface area (Å²) in [5.41, 5.74) is 1.75. The first-order valence-electron chi connectivity index (χ1n) is 7.84. The van der Waals surface area contributed by atoms with Crippen molar-refractivity contribution < 1.29 is 13.6 Å². The van der Waals surface area contributed by atoms with Crippen LogP contribution in [0.15, 0.2) is 72.8 Å². The molecule has 1 aliphatic rings. The zero-order chi connectivity index (χ0) is 17.4. The van der Waals surface area contributed by atoms with Gasteiger partial charge in [0.2, 0.25) is 0 Å². The van der Waals surface area contributed by atoms with E-state index in [0.29, 0.717) is 16.8 Å². The highest BCUT2D eigenvalue weighted by molar-refractivity contribution is 6.12.